The van der Waals surface area contributed by atoms with E-state index in [1.54, 1.807) is 0 Å². The fourth-order valence-corrected chi connectivity index (χ4v) is 1.92. The molecule has 0 aromatic carbocycles. The quantitative estimate of drug-likeness (QED) is 0.749. The van der Waals surface area contributed by atoms with Crippen LogP contribution in [0.1, 0.15) is 26.7 Å². The van der Waals surface area contributed by atoms with Crippen LogP contribution in [0.4, 0.5) is 0 Å². The number of carboxylic acids is 1. The molecule has 0 saturated carbocycles. The van der Waals surface area contributed by atoms with E-state index < -0.39 is 5.97 Å². The highest BCUT2D eigenvalue weighted by molar-refractivity contribution is 5.87. The molecule has 1 aliphatic rings. The van der Waals surface area contributed by atoms with Gasteiger partial charge in [0.1, 0.15) is 0 Å². The van der Waals surface area contributed by atoms with Crippen molar-refractivity contribution in [3.63, 3.8) is 0 Å². The van der Waals surface area contributed by atoms with Crippen LogP contribution in [0, 0.1) is 5.92 Å². The van der Waals surface area contributed by atoms with Crippen LogP contribution in [0.3, 0.4) is 0 Å². The van der Waals surface area contributed by atoms with Gasteiger partial charge in [0.05, 0.1) is 0 Å². The molecule has 0 saturated heterocycles. The predicted molar refractivity (Wildman–Crippen MR) is 56.2 cm³/mol. The van der Waals surface area contributed by atoms with Gasteiger partial charge in [-0.15, -0.1) is 0 Å². The Balaban J connectivity index is 2.83. The third-order valence-corrected chi connectivity index (χ3v) is 2.54. The Labute approximate surface area is 85.4 Å². The summed E-state index contributed by atoms with van der Waals surface area (Å²) in [5.41, 5.74) is 1.76. The Hall–Kier alpha value is -0.830. The lowest BCUT2D eigenvalue weighted by Crippen LogP contribution is -2.30. The van der Waals surface area contributed by atoms with Crippen molar-refractivity contribution in [2.24, 2.45) is 5.92 Å². The molecule has 0 aliphatic carbocycles. The zero-order valence-corrected chi connectivity index (χ0v) is 9.21. The first-order chi connectivity index (χ1) is 6.50. The minimum absolute atomic E-state index is 0.533. The molecule has 3 heteroatoms. The van der Waals surface area contributed by atoms with Crippen LogP contribution in [0.25, 0.3) is 0 Å². The molecule has 1 heterocycles. The van der Waals surface area contributed by atoms with Crippen molar-refractivity contribution in [2.45, 2.75) is 26.7 Å². The Bertz CT molecular complexity index is 256. The first-order valence-corrected chi connectivity index (χ1v) is 5.13. The molecule has 1 N–H and O–H groups in total. The molecule has 0 spiro atoms. The maximum absolute atomic E-state index is 11.0. The molecule has 0 unspecified atom stereocenters. The van der Waals surface area contributed by atoms with Gasteiger partial charge in [0.2, 0.25) is 0 Å². The van der Waals surface area contributed by atoms with E-state index in [1.165, 1.54) is 0 Å². The van der Waals surface area contributed by atoms with Crippen LogP contribution in [0.5, 0.6) is 0 Å². The molecule has 0 aromatic heterocycles. The van der Waals surface area contributed by atoms with Gasteiger partial charge in [-0.3, -0.25) is 0 Å². The number of hydrogen-bond acceptors (Lipinski definition) is 2. The molecule has 0 fully saturated rings. The summed E-state index contributed by atoms with van der Waals surface area (Å²) in [6.45, 7) is 5.94. The van der Waals surface area contributed by atoms with Gasteiger partial charge in [0.25, 0.3) is 0 Å². The molecular formula is C11H19NO2. The Morgan fingerprint density at radius 3 is 2.71 bits per heavy atom. The number of likely N-dealkylation sites (N-methyl/N-ethyl adjacent to an activating group) is 1. The van der Waals surface area contributed by atoms with Crippen molar-refractivity contribution in [1.82, 2.24) is 4.90 Å². The fraction of sp³-hybridized carbons (Fsp3) is 0.727. The highest BCUT2D eigenvalue weighted by Gasteiger charge is 2.21. The van der Waals surface area contributed by atoms with Gasteiger partial charge in [0, 0.05) is 18.7 Å². The van der Waals surface area contributed by atoms with Crippen molar-refractivity contribution in [3.8, 4) is 0 Å². The molecule has 14 heavy (non-hydrogen) atoms. The van der Waals surface area contributed by atoms with Gasteiger partial charge < -0.3 is 10.0 Å². The second-order valence-corrected chi connectivity index (χ2v) is 4.47. The van der Waals surface area contributed by atoms with Crippen molar-refractivity contribution < 1.29 is 9.90 Å². The second kappa shape index (κ2) is 4.60. The average Bonchev–Trinajstić information content (AvgIpc) is 2.01. The lowest BCUT2D eigenvalue weighted by molar-refractivity contribution is -0.133. The first-order valence-electron chi connectivity index (χ1n) is 5.13. The number of carbonyl (C=O) groups is 1. The van der Waals surface area contributed by atoms with Crippen molar-refractivity contribution in [1.29, 1.82) is 0 Å². The van der Waals surface area contributed by atoms with Crippen molar-refractivity contribution in [2.75, 3.05) is 20.1 Å². The number of hydrogen-bond donors (Lipinski definition) is 1. The highest BCUT2D eigenvalue weighted by atomic mass is 16.4. The largest absolute Gasteiger partial charge is 0.478 e. The monoisotopic (exact) mass is 197 g/mol. The number of nitrogens with zero attached hydrogens (tertiary/aromatic N) is 1. The second-order valence-electron chi connectivity index (χ2n) is 4.47. The minimum atomic E-state index is -0.728. The molecular weight excluding hydrogens is 178 g/mol. The van der Waals surface area contributed by atoms with E-state index in [0.29, 0.717) is 17.9 Å². The zero-order valence-electron chi connectivity index (χ0n) is 9.21. The molecule has 80 valence electrons. The molecule has 0 bridgehead atoms. The third kappa shape index (κ3) is 2.84. The molecule has 0 amide bonds. The van der Waals surface area contributed by atoms with Crippen molar-refractivity contribution >= 4 is 5.97 Å². The van der Waals surface area contributed by atoms with E-state index in [2.05, 4.69) is 18.7 Å². The summed E-state index contributed by atoms with van der Waals surface area (Å²) < 4.78 is 0. The standard InChI is InChI=1S/C11H19NO2/c1-8(2)6-9-7-12(3)5-4-10(9)11(13)14/h8H,4-7H2,1-3H3,(H,13,14). The lowest BCUT2D eigenvalue weighted by atomic mass is 9.93. The van der Waals surface area contributed by atoms with E-state index in [9.17, 15) is 4.79 Å². The Kier molecular flexibility index (Phi) is 3.69. The number of carboxylic acid groups (broad SMARTS) is 1. The van der Waals surface area contributed by atoms with E-state index in [0.717, 1.165) is 25.1 Å². The van der Waals surface area contributed by atoms with Gasteiger partial charge in [0.15, 0.2) is 0 Å². The summed E-state index contributed by atoms with van der Waals surface area (Å²) >= 11 is 0. The van der Waals surface area contributed by atoms with Crippen LogP contribution >= 0.6 is 0 Å². The maximum atomic E-state index is 11.0. The summed E-state index contributed by atoms with van der Waals surface area (Å²) in [7, 11) is 2.04. The lowest BCUT2D eigenvalue weighted by Gasteiger charge is -2.27. The van der Waals surface area contributed by atoms with E-state index in [1.807, 2.05) is 7.05 Å². The van der Waals surface area contributed by atoms with E-state index >= 15 is 0 Å². The van der Waals surface area contributed by atoms with Gasteiger partial charge in [-0.1, -0.05) is 13.8 Å². The molecule has 1 aliphatic heterocycles. The normalized spacial score (nSPS) is 19.1. The van der Waals surface area contributed by atoms with Gasteiger partial charge >= 0.3 is 5.97 Å². The molecule has 3 nitrogen and oxygen atoms in total. The Morgan fingerprint density at radius 2 is 2.21 bits per heavy atom. The van der Waals surface area contributed by atoms with Gasteiger partial charge in [-0.25, -0.2) is 4.79 Å². The zero-order chi connectivity index (χ0) is 10.7. The SMILES string of the molecule is CC(C)CC1=C(C(=O)O)CCN(C)C1. The van der Waals surface area contributed by atoms with Crippen LogP contribution in [-0.2, 0) is 4.79 Å². The summed E-state index contributed by atoms with van der Waals surface area (Å²) in [6.07, 6.45) is 1.60. The smallest absolute Gasteiger partial charge is 0.331 e. The molecule has 1 rings (SSSR count). The van der Waals surface area contributed by atoms with Gasteiger partial charge in [-0.05, 0) is 31.4 Å². The van der Waals surface area contributed by atoms with Crippen LogP contribution < -0.4 is 0 Å². The molecule has 0 aromatic rings. The summed E-state index contributed by atoms with van der Waals surface area (Å²) in [5, 5.41) is 9.03. The summed E-state index contributed by atoms with van der Waals surface area (Å²) in [4.78, 5) is 13.2. The highest BCUT2D eigenvalue weighted by Crippen LogP contribution is 2.22. The number of aliphatic carboxylic acids is 1. The fourth-order valence-electron chi connectivity index (χ4n) is 1.92. The summed E-state index contributed by atoms with van der Waals surface area (Å²) in [6, 6.07) is 0. The molecule has 0 radical (unpaired) electrons. The van der Waals surface area contributed by atoms with E-state index in [4.69, 9.17) is 5.11 Å². The van der Waals surface area contributed by atoms with Crippen LogP contribution in [0.2, 0.25) is 0 Å². The first kappa shape index (κ1) is 11.2. The topological polar surface area (TPSA) is 40.5 Å². The minimum Gasteiger partial charge on any atom is -0.478 e. The molecule has 0 atom stereocenters. The van der Waals surface area contributed by atoms with Gasteiger partial charge in [-0.2, -0.15) is 0 Å². The van der Waals surface area contributed by atoms with Crippen LogP contribution in [-0.4, -0.2) is 36.1 Å². The Morgan fingerprint density at radius 1 is 1.57 bits per heavy atom. The average molecular weight is 197 g/mol. The maximum Gasteiger partial charge on any atom is 0.331 e. The van der Waals surface area contributed by atoms with E-state index in [-0.39, 0.29) is 0 Å². The van der Waals surface area contributed by atoms with Crippen LogP contribution in [0.15, 0.2) is 11.1 Å². The third-order valence-electron chi connectivity index (χ3n) is 2.54. The predicted octanol–water partition coefficient (Wildman–Crippen LogP) is 1.75. The van der Waals surface area contributed by atoms with Crippen molar-refractivity contribution in [3.05, 3.63) is 11.1 Å². The summed E-state index contributed by atoms with van der Waals surface area (Å²) in [5.74, 6) is -0.195. The number of rotatable bonds is 3.